The molecule has 2 heteroatoms. The smallest absolute Gasteiger partial charge is 0.0183 e. The van der Waals surface area contributed by atoms with Crippen molar-refractivity contribution >= 4 is 0 Å². The van der Waals surface area contributed by atoms with Crippen LogP contribution in [0, 0.1) is 0 Å². The lowest BCUT2D eigenvalue weighted by atomic mass is 10.0. The van der Waals surface area contributed by atoms with Crippen LogP contribution in [-0.2, 0) is 0 Å². The summed E-state index contributed by atoms with van der Waals surface area (Å²) in [5.74, 6) is 0. The van der Waals surface area contributed by atoms with E-state index >= 15 is 0 Å². The van der Waals surface area contributed by atoms with Crippen molar-refractivity contribution in [3.8, 4) is 0 Å². The van der Waals surface area contributed by atoms with Crippen LogP contribution in [0.25, 0.3) is 0 Å². The van der Waals surface area contributed by atoms with Gasteiger partial charge in [-0.15, -0.1) is 0 Å². The Hall–Kier alpha value is -0.340. The Morgan fingerprint density at radius 2 is 1.81 bits per heavy atom. The van der Waals surface area contributed by atoms with Crippen LogP contribution < -0.4 is 10.6 Å². The Morgan fingerprint density at radius 3 is 2.44 bits per heavy atom. The summed E-state index contributed by atoms with van der Waals surface area (Å²) in [6.45, 7) is 9.03. The third-order valence-corrected chi connectivity index (χ3v) is 3.38. The highest BCUT2D eigenvalue weighted by atomic mass is 14.9. The SMILES string of the molecule is CCCCCCCCNCC(C)=C1CNC1. The van der Waals surface area contributed by atoms with Crippen molar-refractivity contribution in [1.82, 2.24) is 10.6 Å². The van der Waals surface area contributed by atoms with Crippen molar-refractivity contribution in [2.24, 2.45) is 0 Å². The zero-order valence-electron chi connectivity index (χ0n) is 11.1. The summed E-state index contributed by atoms with van der Waals surface area (Å²) < 4.78 is 0. The summed E-state index contributed by atoms with van der Waals surface area (Å²) >= 11 is 0. The number of hydrogen-bond donors (Lipinski definition) is 2. The first-order chi connectivity index (χ1) is 7.84. The largest absolute Gasteiger partial charge is 0.313 e. The van der Waals surface area contributed by atoms with Crippen molar-refractivity contribution in [3.05, 3.63) is 11.1 Å². The molecule has 1 fully saturated rings. The van der Waals surface area contributed by atoms with E-state index in [1.807, 2.05) is 0 Å². The molecule has 1 rings (SSSR count). The zero-order chi connectivity index (χ0) is 11.6. The lowest BCUT2D eigenvalue weighted by Crippen LogP contribution is -2.36. The van der Waals surface area contributed by atoms with Crippen LogP contribution in [-0.4, -0.2) is 26.2 Å². The molecule has 1 aliphatic heterocycles. The molecule has 0 unspecified atom stereocenters. The molecule has 0 aromatic heterocycles. The maximum atomic E-state index is 3.54. The normalized spacial score (nSPS) is 15.0. The van der Waals surface area contributed by atoms with Crippen LogP contribution in [0.5, 0.6) is 0 Å². The van der Waals surface area contributed by atoms with Gasteiger partial charge in [0.25, 0.3) is 0 Å². The van der Waals surface area contributed by atoms with Gasteiger partial charge in [0, 0.05) is 19.6 Å². The molecule has 16 heavy (non-hydrogen) atoms. The Balaban J connectivity index is 1.84. The Labute approximate surface area is 101 Å². The predicted octanol–water partition coefficient (Wildman–Crippen LogP) is 2.86. The number of hydrogen-bond acceptors (Lipinski definition) is 2. The molecular formula is C14H28N2. The maximum Gasteiger partial charge on any atom is 0.0183 e. The van der Waals surface area contributed by atoms with Crippen molar-refractivity contribution in [2.75, 3.05) is 26.2 Å². The molecule has 0 atom stereocenters. The summed E-state index contributed by atoms with van der Waals surface area (Å²) in [5, 5.41) is 6.83. The average molecular weight is 224 g/mol. The second kappa shape index (κ2) is 8.77. The molecule has 0 bridgehead atoms. The van der Waals surface area contributed by atoms with Gasteiger partial charge >= 0.3 is 0 Å². The summed E-state index contributed by atoms with van der Waals surface area (Å²) in [6.07, 6.45) is 8.32. The monoisotopic (exact) mass is 224 g/mol. The minimum absolute atomic E-state index is 1.09. The van der Waals surface area contributed by atoms with Crippen molar-refractivity contribution in [1.29, 1.82) is 0 Å². The standard InChI is InChI=1S/C14H28N2/c1-3-4-5-6-7-8-9-15-10-13(2)14-11-16-12-14/h15-16H,3-12H2,1-2H3. The summed E-state index contributed by atoms with van der Waals surface area (Å²) in [6, 6.07) is 0. The average Bonchev–Trinajstić information content (AvgIpc) is 2.19. The number of unbranched alkanes of at least 4 members (excludes halogenated alkanes) is 5. The molecule has 0 aromatic carbocycles. The molecule has 1 heterocycles. The molecular weight excluding hydrogens is 196 g/mol. The van der Waals surface area contributed by atoms with Gasteiger partial charge < -0.3 is 10.6 Å². The fourth-order valence-electron chi connectivity index (χ4n) is 1.98. The van der Waals surface area contributed by atoms with Crippen LogP contribution >= 0.6 is 0 Å². The molecule has 0 radical (unpaired) electrons. The zero-order valence-corrected chi connectivity index (χ0v) is 11.1. The molecule has 94 valence electrons. The first kappa shape index (κ1) is 13.7. The van der Waals surface area contributed by atoms with Gasteiger partial charge in [-0.25, -0.2) is 0 Å². The predicted molar refractivity (Wildman–Crippen MR) is 71.8 cm³/mol. The van der Waals surface area contributed by atoms with Gasteiger partial charge in [0.1, 0.15) is 0 Å². The van der Waals surface area contributed by atoms with E-state index in [0.29, 0.717) is 0 Å². The fraction of sp³-hybridized carbons (Fsp3) is 0.857. The number of rotatable bonds is 9. The maximum absolute atomic E-state index is 3.54. The van der Waals surface area contributed by atoms with E-state index in [1.165, 1.54) is 45.1 Å². The third kappa shape index (κ3) is 5.66. The van der Waals surface area contributed by atoms with E-state index in [-0.39, 0.29) is 0 Å². The minimum atomic E-state index is 1.09. The van der Waals surface area contributed by atoms with Gasteiger partial charge in [-0.2, -0.15) is 0 Å². The van der Waals surface area contributed by atoms with Crippen molar-refractivity contribution in [3.63, 3.8) is 0 Å². The van der Waals surface area contributed by atoms with E-state index in [1.54, 1.807) is 11.1 Å². The van der Waals surface area contributed by atoms with Crippen LogP contribution in [0.3, 0.4) is 0 Å². The molecule has 0 amide bonds. The van der Waals surface area contributed by atoms with Gasteiger partial charge in [0.2, 0.25) is 0 Å². The van der Waals surface area contributed by atoms with E-state index in [4.69, 9.17) is 0 Å². The highest BCUT2D eigenvalue weighted by Crippen LogP contribution is 2.07. The second-order valence-electron chi connectivity index (χ2n) is 4.93. The third-order valence-electron chi connectivity index (χ3n) is 3.38. The van der Waals surface area contributed by atoms with E-state index < -0.39 is 0 Å². The van der Waals surface area contributed by atoms with Crippen LogP contribution in [0.4, 0.5) is 0 Å². The summed E-state index contributed by atoms with van der Waals surface area (Å²) in [5.41, 5.74) is 3.15. The van der Waals surface area contributed by atoms with Gasteiger partial charge in [-0.05, 0) is 25.5 Å². The molecule has 0 saturated carbocycles. The van der Waals surface area contributed by atoms with Crippen molar-refractivity contribution in [2.45, 2.75) is 52.4 Å². The Kier molecular flexibility index (Phi) is 7.52. The van der Waals surface area contributed by atoms with E-state index in [0.717, 1.165) is 19.6 Å². The van der Waals surface area contributed by atoms with Gasteiger partial charge in [-0.1, -0.05) is 44.6 Å². The Morgan fingerprint density at radius 1 is 1.12 bits per heavy atom. The highest BCUT2D eigenvalue weighted by Gasteiger charge is 2.09. The molecule has 2 nitrogen and oxygen atoms in total. The Bertz CT molecular complexity index is 203. The minimum Gasteiger partial charge on any atom is -0.313 e. The van der Waals surface area contributed by atoms with Crippen molar-refractivity contribution < 1.29 is 0 Å². The number of nitrogens with one attached hydrogen (secondary N) is 2. The van der Waals surface area contributed by atoms with Gasteiger partial charge in [0.05, 0.1) is 0 Å². The first-order valence-corrected chi connectivity index (χ1v) is 6.93. The van der Waals surface area contributed by atoms with Crippen LogP contribution in [0.2, 0.25) is 0 Å². The topological polar surface area (TPSA) is 24.1 Å². The molecule has 0 spiro atoms. The second-order valence-corrected chi connectivity index (χ2v) is 4.93. The van der Waals surface area contributed by atoms with E-state index in [2.05, 4.69) is 24.5 Å². The van der Waals surface area contributed by atoms with Crippen LogP contribution in [0.1, 0.15) is 52.4 Å². The van der Waals surface area contributed by atoms with Gasteiger partial charge in [0.15, 0.2) is 0 Å². The lowest BCUT2D eigenvalue weighted by molar-refractivity contribution is 0.578. The lowest BCUT2D eigenvalue weighted by Gasteiger charge is -2.22. The molecule has 0 aliphatic carbocycles. The fourth-order valence-corrected chi connectivity index (χ4v) is 1.98. The molecule has 2 N–H and O–H groups in total. The quantitative estimate of drug-likeness (QED) is 0.465. The molecule has 1 aliphatic rings. The first-order valence-electron chi connectivity index (χ1n) is 6.93. The van der Waals surface area contributed by atoms with E-state index in [9.17, 15) is 0 Å². The molecule has 1 saturated heterocycles. The summed E-state index contributed by atoms with van der Waals surface area (Å²) in [7, 11) is 0. The highest BCUT2D eigenvalue weighted by molar-refractivity contribution is 5.22. The molecule has 0 aromatic rings. The van der Waals surface area contributed by atoms with Crippen LogP contribution in [0.15, 0.2) is 11.1 Å². The summed E-state index contributed by atoms with van der Waals surface area (Å²) in [4.78, 5) is 0. The van der Waals surface area contributed by atoms with Gasteiger partial charge in [-0.3, -0.25) is 0 Å².